The van der Waals surface area contributed by atoms with E-state index in [4.69, 9.17) is 0 Å². The zero-order valence-electron chi connectivity index (χ0n) is 12.1. The van der Waals surface area contributed by atoms with Gasteiger partial charge in [0.15, 0.2) is 0 Å². The number of hydrogen-bond acceptors (Lipinski definition) is 3. The normalized spacial score (nSPS) is 53.3. The number of fused-ring (bicyclic) bond motifs is 1. The first-order valence-electron chi connectivity index (χ1n) is 7.29. The van der Waals surface area contributed by atoms with Crippen LogP contribution in [0.5, 0.6) is 0 Å². The molecule has 2 aliphatic carbocycles. The zero-order chi connectivity index (χ0) is 13.7. The standard InChI is InChI=1S/C15H28O3/c1-9(2)10-5-7-14(3,17)11-6-8-15(4,18)12(11)13(10)16/h9-13,16-18H,5-8H2,1-4H3/t10?,11-,12-,13?,14-,15+/m1/s1. The van der Waals surface area contributed by atoms with Crippen molar-refractivity contribution >= 4 is 0 Å². The molecule has 0 amide bonds. The van der Waals surface area contributed by atoms with E-state index in [9.17, 15) is 15.3 Å². The minimum atomic E-state index is -0.842. The molecule has 0 aromatic rings. The van der Waals surface area contributed by atoms with Crippen LogP contribution in [-0.2, 0) is 0 Å². The van der Waals surface area contributed by atoms with Crippen LogP contribution >= 0.6 is 0 Å². The average molecular weight is 256 g/mol. The summed E-state index contributed by atoms with van der Waals surface area (Å²) in [5, 5.41) is 31.9. The van der Waals surface area contributed by atoms with Crippen LogP contribution < -0.4 is 0 Å². The van der Waals surface area contributed by atoms with Gasteiger partial charge in [-0.25, -0.2) is 0 Å². The Morgan fingerprint density at radius 3 is 2.11 bits per heavy atom. The molecule has 106 valence electrons. The number of aliphatic hydroxyl groups is 3. The molecule has 2 rings (SSSR count). The molecule has 3 nitrogen and oxygen atoms in total. The third-order valence-corrected chi connectivity index (χ3v) is 5.56. The molecule has 0 radical (unpaired) electrons. The lowest BCUT2D eigenvalue weighted by atomic mass is 9.73. The molecule has 2 unspecified atom stereocenters. The summed E-state index contributed by atoms with van der Waals surface area (Å²) in [5.74, 6) is 0.385. The fourth-order valence-electron chi connectivity index (χ4n) is 4.34. The van der Waals surface area contributed by atoms with Crippen molar-refractivity contribution in [3.8, 4) is 0 Å². The molecule has 6 atom stereocenters. The van der Waals surface area contributed by atoms with Crippen molar-refractivity contribution in [1.82, 2.24) is 0 Å². The Bertz CT molecular complexity index is 309. The average Bonchev–Trinajstić information content (AvgIpc) is 2.48. The lowest BCUT2D eigenvalue weighted by Gasteiger charge is -2.39. The maximum absolute atomic E-state index is 10.7. The Morgan fingerprint density at radius 2 is 1.56 bits per heavy atom. The second-order valence-corrected chi connectivity index (χ2v) is 7.32. The van der Waals surface area contributed by atoms with Gasteiger partial charge in [-0.05, 0) is 57.3 Å². The van der Waals surface area contributed by atoms with Gasteiger partial charge in [0.2, 0.25) is 0 Å². The summed E-state index contributed by atoms with van der Waals surface area (Å²) in [6.07, 6.45) is 2.56. The molecule has 2 saturated carbocycles. The summed E-state index contributed by atoms with van der Waals surface area (Å²) >= 11 is 0. The molecule has 3 N–H and O–H groups in total. The molecule has 0 spiro atoms. The molecule has 0 saturated heterocycles. The topological polar surface area (TPSA) is 60.7 Å². The minimum Gasteiger partial charge on any atom is -0.392 e. The first kappa shape index (κ1) is 14.3. The van der Waals surface area contributed by atoms with E-state index in [1.54, 1.807) is 0 Å². The SMILES string of the molecule is CC(C)C1CC[C@@](C)(O)[C@@H]2CC[C@](C)(O)[C@H]2C1O. The van der Waals surface area contributed by atoms with E-state index in [1.165, 1.54) is 0 Å². The highest BCUT2D eigenvalue weighted by atomic mass is 16.3. The van der Waals surface area contributed by atoms with E-state index < -0.39 is 17.3 Å². The third kappa shape index (κ3) is 2.21. The first-order valence-corrected chi connectivity index (χ1v) is 7.29. The quantitative estimate of drug-likeness (QED) is 0.672. The number of rotatable bonds is 1. The summed E-state index contributed by atoms with van der Waals surface area (Å²) in [5.41, 5.74) is -1.60. The second-order valence-electron chi connectivity index (χ2n) is 7.32. The van der Waals surface area contributed by atoms with Crippen molar-refractivity contribution in [3.05, 3.63) is 0 Å². The molecule has 2 aliphatic rings. The van der Waals surface area contributed by atoms with Gasteiger partial charge in [-0.15, -0.1) is 0 Å². The zero-order valence-corrected chi connectivity index (χ0v) is 12.1. The molecule has 0 aromatic carbocycles. The van der Waals surface area contributed by atoms with Crippen molar-refractivity contribution in [2.75, 3.05) is 0 Å². The summed E-state index contributed by atoms with van der Waals surface area (Å²) in [6, 6.07) is 0. The van der Waals surface area contributed by atoms with Crippen LogP contribution in [0.2, 0.25) is 0 Å². The maximum Gasteiger partial charge on any atom is 0.0676 e. The van der Waals surface area contributed by atoms with Crippen LogP contribution in [0.25, 0.3) is 0 Å². The largest absolute Gasteiger partial charge is 0.392 e. The first-order chi connectivity index (χ1) is 8.17. The van der Waals surface area contributed by atoms with Crippen molar-refractivity contribution in [2.45, 2.75) is 70.7 Å². The van der Waals surface area contributed by atoms with E-state index in [0.29, 0.717) is 12.3 Å². The van der Waals surface area contributed by atoms with Crippen LogP contribution in [0.15, 0.2) is 0 Å². The smallest absolute Gasteiger partial charge is 0.0676 e. The molecule has 0 heterocycles. The van der Waals surface area contributed by atoms with E-state index in [-0.39, 0.29) is 17.8 Å². The van der Waals surface area contributed by atoms with Gasteiger partial charge in [0.25, 0.3) is 0 Å². The molecular weight excluding hydrogens is 228 g/mol. The molecule has 3 heteroatoms. The van der Waals surface area contributed by atoms with Gasteiger partial charge in [0.05, 0.1) is 17.3 Å². The minimum absolute atomic E-state index is 0.0197. The van der Waals surface area contributed by atoms with Crippen molar-refractivity contribution in [1.29, 1.82) is 0 Å². The van der Waals surface area contributed by atoms with E-state index >= 15 is 0 Å². The van der Waals surface area contributed by atoms with Crippen molar-refractivity contribution in [2.24, 2.45) is 23.7 Å². The Labute approximate surface area is 110 Å². The van der Waals surface area contributed by atoms with Crippen LogP contribution in [0.4, 0.5) is 0 Å². The monoisotopic (exact) mass is 256 g/mol. The molecular formula is C15H28O3. The van der Waals surface area contributed by atoms with Gasteiger partial charge in [0.1, 0.15) is 0 Å². The molecule has 0 aromatic heterocycles. The lowest BCUT2D eigenvalue weighted by molar-refractivity contribution is -0.101. The summed E-state index contributed by atoms with van der Waals surface area (Å²) < 4.78 is 0. The van der Waals surface area contributed by atoms with Gasteiger partial charge < -0.3 is 15.3 Å². The number of hydrogen-bond donors (Lipinski definition) is 3. The number of aliphatic hydroxyl groups excluding tert-OH is 1. The lowest BCUT2D eigenvalue weighted by Crippen LogP contribution is -2.47. The fraction of sp³-hybridized carbons (Fsp3) is 1.00. The summed E-state index contributed by atoms with van der Waals surface area (Å²) in [7, 11) is 0. The Morgan fingerprint density at radius 1 is 1.00 bits per heavy atom. The highest BCUT2D eigenvalue weighted by molar-refractivity contribution is 5.07. The second kappa shape index (κ2) is 4.46. The van der Waals surface area contributed by atoms with E-state index in [0.717, 1.165) is 19.3 Å². The van der Waals surface area contributed by atoms with Crippen LogP contribution in [0, 0.1) is 23.7 Å². The predicted octanol–water partition coefficient (Wildman–Crippen LogP) is 1.94. The van der Waals surface area contributed by atoms with Crippen molar-refractivity contribution in [3.63, 3.8) is 0 Å². The molecule has 2 fully saturated rings. The van der Waals surface area contributed by atoms with Gasteiger partial charge in [-0.1, -0.05) is 13.8 Å². The van der Waals surface area contributed by atoms with Crippen LogP contribution in [-0.4, -0.2) is 32.6 Å². The van der Waals surface area contributed by atoms with Gasteiger partial charge in [-0.2, -0.15) is 0 Å². The van der Waals surface area contributed by atoms with Gasteiger partial charge >= 0.3 is 0 Å². The molecule has 0 bridgehead atoms. The summed E-state index contributed by atoms with van der Waals surface area (Å²) in [4.78, 5) is 0. The summed E-state index contributed by atoms with van der Waals surface area (Å²) in [6.45, 7) is 7.93. The highest BCUT2D eigenvalue weighted by Gasteiger charge is 2.56. The predicted molar refractivity (Wildman–Crippen MR) is 71.0 cm³/mol. The van der Waals surface area contributed by atoms with Crippen molar-refractivity contribution < 1.29 is 15.3 Å². The van der Waals surface area contributed by atoms with E-state index in [2.05, 4.69) is 13.8 Å². The van der Waals surface area contributed by atoms with Gasteiger partial charge in [0, 0.05) is 5.92 Å². The van der Waals surface area contributed by atoms with Crippen LogP contribution in [0.3, 0.4) is 0 Å². The maximum atomic E-state index is 10.7. The molecule has 18 heavy (non-hydrogen) atoms. The van der Waals surface area contributed by atoms with E-state index in [1.807, 2.05) is 13.8 Å². The highest BCUT2D eigenvalue weighted by Crippen LogP contribution is 2.52. The third-order valence-electron chi connectivity index (χ3n) is 5.56. The Kier molecular flexibility index (Phi) is 3.54. The molecule has 0 aliphatic heterocycles. The Hall–Kier alpha value is -0.120. The van der Waals surface area contributed by atoms with Crippen LogP contribution in [0.1, 0.15) is 53.4 Å². The van der Waals surface area contributed by atoms with Gasteiger partial charge in [-0.3, -0.25) is 0 Å². The Balaban J connectivity index is 2.36. The fourth-order valence-corrected chi connectivity index (χ4v) is 4.34.